The highest BCUT2D eigenvalue weighted by Crippen LogP contribution is 2.31. The Morgan fingerprint density at radius 2 is 2.00 bits per heavy atom. The van der Waals surface area contributed by atoms with Gasteiger partial charge in [-0.25, -0.2) is 0 Å². The first-order valence-electron chi connectivity index (χ1n) is 4.83. The highest BCUT2D eigenvalue weighted by Gasteiger charge is 2.16. The van der Waals surface area contributed by atoms with Crippen LogP contribution >= 0.6 is 0 Å². The van der Waals surface area contributed by atoms with Gasteiger partial charge in [-0.2, -0.15) is 0 Å². The lowest BCUT2D eigenvalue weighted by Crippen LogP contribution is -1.94. The first-order chi connectivity index (χ1) is 5.88. The largest absolute Gasteiger partial charge is 0.0988 e. The van der Waals surface area contributed by atoms with Gasteiger partial charge < -0.3 is 0 Å². The van der Waals surface area contributed by atoms with Gasteiger partial charge >= 0.3 is 0 Å². The van der Waals surface area contributed by atoms with Crippen molar-refractivity contribution in [2.75, 3.05) is 0 Å². The van der Waals surface area contributed by atoms with Crippen LogP contribution in [0.4, 0.5) is 0 Å². The fraction of sp³-hybridized carbons (Fsp3) is 0.500. The Bertz CT molecular complexity index is 190. The van der Waals surface area contributed by atoms with Crippen molar-refractivity contribution >= 4 is 0 Å². The molecule has 0 unspecified atom stereocenters. The van der Waals surface area contributed by atoms with Crippen LogP contribution in [0.25, 0.3) is 0 Å². The van der Waals surface area contributed by atoms with Crippen molar-refractivity contribution in [2.45, 2.75) is 32.6 Å². The van der Waals surface area contributed by atoms with Gasteiger partial charge in [0.05, 0.1) is 0 Å². The highest BCUT2D eigenvalue weighted by atomic mass is 14.2. The Morgan fingerprint density at radius 1 is 1.33 bits per heavy atom. The zero-order chi connectivity index (χ0) is 8.81. The molecule has 0 atom stereocenters. The van der Waals surface area contributed by atoms with E-state index < -0.39 is 0 Å². The van der Waals surface area contributed by atoms with E-state index in [0.29, 0.717) is 0 Å². The monoisotopic (exact) mass is 162 g/mol. The van der Waals surface area contributed by atoms with E-state index in [1.54, 1.807) is 0 Å². The van der Waals surface area contributed by atoms with Crippen LogP contribution in [0.3, 0.4) is 0 Å². The molecule has 0 heterocycles. The van der Waals surface area contributed by atoms with Gasteiger partial charge in [0.2, 0.25) is 0 Å². The fourth-order valence-electron chi connectivity index (χ4n) is 1.84. The Hall–Kier alpha value is -0.780. The van der Waals surface area contributed by atoms with Crippen LogP contribution < -0.4 is 0 Å². The van der Waals surface area contributed by atoms with Gasteiger partial charge in [-0.05, 0) is 31.3 Å². The summed E-state index contributed by atoms with van der Waals surface area (Å²) in [5, 5.41) is 0. The summed E-state index contributed by atoms with van der Waals surface area (Å²) in [6.07, 6.45) is 13.9. The molecule has 1 saturated carbocycles. The molecule has 0 spiro atoms. The van der Waals surface area contributed by atoms with E-state index in [2.05, 4.69) is 24.8 Å². The van der Waals surface area contributed by atoms with Gasteiger partial charge in [0, 0.05) is 0 Å². The molecule has 1 fully saturated rings. The molecule has 12 heavy (non-hydrogen) atoms. The van der Waals surface area contributed by atoms with Gasteiger partial charge in [-0.3, -0.25) is 0 Å². The Morgan fingerprint density at radius 3 is 2.50 bits per heavy atom. The molecule has 1 aliphatic rings. The van der Waals surface area contributed by atoms with Crippen molar-refractivity contribution in [3.8, 4) is 0 Å². The van der Waals surface area contributed by atoms with Crippen LogP contribution in [0.5, 0.6) is 0 Å². The molecule has 0 N–H and O–H groups in total. The average molecular weight is 162 g/mol. The third-order valence-electron chi connectivity index (χ3n) is 2.54. The van der Waals surface area contributed by atoms with Crippen LogP contribution in [-0.4, -0.2) is 0 Å². The third-order valence-corrected chi connectivity index (χ3v) is 2.54. The van der Waals surface area contributed by atoms with E-state index in [4.69, 9.17) is 0 Å². The van der Waals surface area contributed by atoms with Gasteiger partial charge in [-0.1, -0.05) is 43.7 Å². The molecule has 0 bridgehead atoms. The first kappa shape index (κ1) is 9.31. The van der Waals surface area contributed by atoms with E-state index >= 15 is 0 Å². The molecular weight excluding hydrogens is 144 g/mol. The topological polar surface area (TPSA) is 0 Å². The Labute approximate surface area is 75.7 Å². The Kier molecular flexibility index (Phi) is 3.86. The van der Waals surface area contributed by atoms with Crippen molar-refractivity contribution in [2.24, 2.45) is 5.92 Å². The predicted molar refractivity (Wildman–Crippen MR) is 55.1 cm³/mol. The molecule has 1 aliphatic carbocycles. The second-order valence-corrected chi connectivity index (χ2v) is 3.38. The standard InChI is InChI=1S/C12H18/c1-3-5-8-11(4-2)12-9-6-7-10-12/h3-5,8,12H,2,6-7,9-10H2,1H3/b5-3-,11-8+. The zero-order valence-electron chi connectivity index (χ0n) is 7.92. The predicted octanol–water partition coefficient (Wildman–Crippen LogP) is 3.87. The smallest absolute Gasteiger partial charge is 0.0162 e. The maximum Gasteiger partial charge on any atom is -0.0162 e. The lowest BCUT2D eigenvalue weighted by atomic mass is 9.97. The van der Waals surface area contributed by atoms with E-state index in [-0.39, 0.29) is 0 Å². The molecule has 66 valence electrons. The van der Waals surface area contributed by atoms with Crippen LogP contribution in [-0.2, 0) is 0 Å². The molecule has 0 aromatic heterocycles. The number of hydrogen-bond donors (Lipinski definition) is 0. The van der Waals surface area contributed by atoms with E-state index in [1.165, 1.54) is 31.3 Å². The molecular formula is C12H18. The normalized spacial score (nSPS) is 20.6. The van der Waals surface area contributed by atoms with Crippen LogP contribution in [0.2, 0.25) is 0 Å². The first-order valence-corrected chi connectivity index (χ1v) is 4.83. The fourth-order valence-corrected chi connectivity index (χ4v) is 1.84. The maximum absolute atomic E-state index is 3.86. The van der Waals surface area contributed by atoms with Crippen molar-refractivity contribution in [1.29, 1.82) is 0 Å². The molecule has 0 radical (unpaired) electrons. The summed E-state index contributed by atoms with van der Waals surface area (Å²) in [7, 11) is 0. The van der Waals surface area contributed by atoms with Crippen LogP contribution in [0.1, 0.15) is 32.6 Å². The number of rotatable bonds is 3. The van der Waals surface area contributed by atoms with E-state index in [1.807, 2.05) is 13.0 Å². The molecule has 0 aliphatic heterocycles. The average Bonchev–Trinajstić information content (AvgIpc) is 2.59. The molecule has 0 heteroatoms. The lowest BCUT2D eigenvalue weighted by Gasteiger charge is -2.08. The van der Waals surface area contributed by atoms with Gasteiger partial charge in [0.15, 0.2) is 0 Å². The van der Waals surface area contributed by atoms with Crippen molar-refractivity contribution in [3.63, 3.8) is 0 Å². The van der Waals surface area contributed by atoms with Crippen molar-refractivity contribution < 1.29 is 0 Å². The van der Waals surface area contributed by atoms with Crippen molar-refractivity contribution in [1.82, 2.24) is 0 Å². The molecule has 0 amide bonds. The third kappa shape index (κ3) is 2.37. The number of allylic oxidation sites excluding steroid dienone is 5. The summed E-state index contributed by atoms with van der Waals surface area (Å²) in [6, 6.07) is 0. The summed E-state index contributed by atoms with van der Waals surface area (Å²) >= 11 is 0. The molecule has 0 nitrogen and oxygen atoms in total. The van der Waals surface area contributed by atoms with Gasteiger partial charge in [0.1, 0.15) is 0 Å². The maximum atomic E-state index is 3.86. The zero-order valence-corrected chi connectivity index (χ0v) is 7.92. The SMILES string of the molecule is C=C/C(=C\C=C/C)C1CCCC1. The minimum Gasteiger partial charge on any atom is -0.0988 e. The minimum atomic E-state index is 0.790. The summed E-state index contributed by atoms with van der Waals surface area (Å²) in [5.74, 6) is 0.790. The Balaban J connectivity index is 2.59. The molecule has 1 rings (SSSR count). The van der Waals surface area contributed by atoms with E-state index in [9.17, 15) is 0 Å². The lowest BCUT2D eigenvalue weighted by molar-refractivity contribution is 0.658. The minimum absolute atomic E-state index is 0.790. The van der Waals surface area contributed by atoms with Gasteiger partial charge in [-0.15, -0.1) is 0 Å². The second-order valence-electron chi connectivity index (χ2n) is 3.38. The number of hydrogen-bond acceptors (Lipinski definition) is 0. The second kappa shape index (κ2) is 4.97. The summed E-state index contributed by atoms with van der Waals surface area (Å²) in [5.41, 5.74) is 1.42. The van der Waals surface area contributed by atoms with Gasteiger partial charge in [0.25, 0.3) is 0 Å². The molecule has 0 aromatic rings. The molecule has 0 saturated heterocycles. The van der Waals surface area contributed by atoms with E-state index in [0.717, 1.165) is 5.92 Å². The summed E-state index contributed by atoms with van der Waals surface area (Å²) < 4.78 is 0. The van der Waals surface area contributed by atoms with Crippen molar-refractivity contribution in [3.05, 3.63) is 36.5 Å². The summed E-state index contributed by atoms with van der Waals surface area (Å²) in [6.45, 7) is 5.90. The van der Waals surface area contributed by atoms with Crippen LogP contribution in [0.15, 0.2) is 36.5 Å². The molecule has 0 aromatic carbocycles. The highest BCUT2D eigenvalue weighted by molar-refractivity contribution is 5.25. The quantitative estimate of drug-likeness (QED) is 0.553. The summed E-state index contributed by atoms with van der Waals surface area (Å²) in [4.78, 5) is 0. The van der Waals surface area contributed by atoms with Crippen LogP contribution in [0, 0.1) is 5.92 Å².